The van der Waals surface area contributed by atoms with Gasteiger partial charge in [-0.1, -0.05) is 0 Å². The van der Waals surface area contributed by atoms with Crippen molar-refractivity contribution in [1.82, 2.24) is 10.6 Å². The number of carbonyl (C=O) groups is 5. The van der Waals surface area contributed by atoms with Crippen LogP contribution >= 0.6 is 0 Å². The van der Waals surface area contributed by atoms with Crippen molar-refractivity contribution in [3.63, 3.8) is 0 Å². The Morgan fingerprint density at radius 2 is 1.22 bits per heavy atom. The van der Waals surface area contributed by atoms with Gasteiger partial charge in [0, 0.05) is 60.8 Å². The highest BCUT2D eigenvalue weighted by Gasteiger charge is 2.43. The first kappa shape index (κ1) is 27.3. The Balaban J connectivity index is 3.22. The van der Waals surface area contributed by atoms with E-state index in [0.717, 1.165) is 40.8 Å². The highest BCUT2D eigenvalue weighted by molar-refractivity contribution is 5.69. The average molecular weight is 460 g/mol. The van der Waals surface area contributed by atoms with Crippen LogP contribution in [0.3, 0.4) is 0 Å². The smallest absolute Gasteiger partial charge is 0.303 e. The molecule has 0 radical (unpaired) electrons. The van der Waals surface area contributed by atoms with Crippen molar-refractivity contribution >= 4 is 29.8 Å². The van der Waals surface area contributed by atoms with E-state index in [2.05, 4.69) is 10.6 Å². The van der Waals surface area contributed by atoms with Crippen LogP contribution in [0.25, 0.3) is 0 Å². The first-order valence-electron chi connectivity index (χ1n) is 10.2. The fourth-order valence-electron chi connectivity index (χ4n) is 3.06. The summed E-state index contributed by atoms with van der Waals surface area (Å²) in [6.45, 7) is 7.55. The molecule has 32 heavy (non-hydrogen) atoms. The van der Waals surface area contributed by atoms with Gasteiger partial charge in [0.1, 0.15) is 6.61 Å². The van der Waals surface area contributed by atoms with E-state index < -0.39 is 60.9 Å². The Kier molecular flexibility index (Phi) is 11.6. The summed E-state index contributed by atoms with van der Waals surface area (Å²) >= 11 is 0. The number of hydrogen-bond acceptors (Lipinski definition) is 12. The Hall–Kier alpha value is -2.73. The lowest BCUT2D eigenvalue weighted by Crippen LogP contribution is -2.56. The standard InChI is InChI=1S/C20H32N2O10/c1-11(23)28-10-18(30-13(3)25)20(32-15(5)27)19(31-14(4)26)17(29-12(2)24)9-22-8-16-6-21-7-16/h16-22H,6-10H2,1-5H3. The maximum Gasteiger partial charge on any atom is 0.303 e. The Morgan fingerprint density at radius 1 is 0.750 bits per heavy atom. The molecule has 1 heterocycles. The Morgan fingerprint density at radius 3 is 1.62 bits per heavy atom. The molecule has 1 aliphatic heterocycles. The van der Waals surface area contributed by atoms with E-state index in [1.807, 2.05) is 0 Å². The summed E-state index contributed by atoms with van der Waals surface area (Å²) in [5.41, 5.74) is 0. The van der Waals surface area contributed by atoms with Crippen LogP contribution in [0.2, 0.25) is 0 Å². The van der Waals surface area contributed by atoms with Crippen molar-refractivity contribution in [1.29, 1.82) is 0 Å². The molecule has 0 bridgehead atoms. The van der Waals surface area contributed by atoms with Crippen LogP contribution < -0.4 is 10.6 Å². The van der Waals surface area contributed by atoms with E-state index in [-0.39, 0.29) is 6.54 Å². The second-order valence-electron chi connectivity index (χ2n) is 7.43. The highest BCUT2D eigenvalue weighted by Crippen LogP contribution is 2.20. The normalized spacial score (nSPS) is 17.0. The molecular formula is C20H32N2O10. The molecule has 0 aliphatic carbocycles. The van der Waals surface area contributed by atoms with Crippen molar-refractivity contribution in [2.24, 2.45) is 5.92 Å². The van der Waals surface area contributed by atoms with E-state index in [0.29, 0.717) is 12.5 Å². The summed E-state index contributed by atoms with van der Waals surface area (Å²) in [7, 11) is 0. The van der Waals surface area contributed by atoms with Crippen molar-refractivity contribution < 1.29 is 47.7 Å². The maximum absolute atomic E-state index is 11.9. The number of hydrogen-bond donors (Lipinski definition) is 2. The van der Waals surface area contributed by atoms with Crippen LogP contribution in [-0.2, 0) is 47.7 Å². The van der Waals surface area contributed by atoms with Gasteiger partial charge >= 0.3 is 29.8 Å². The summed E-state index contributed by atoms with van der Waals surface area (Å²) in [5, 5.41) is 6.28. The number of carbonyl (C=O) groups excluding carboxylic acids is 5. The summed E-state index contributed by atoms with van der Waals surface area (Å²) < 4.78 is 26.2. The molecule has 1 saturated heterocycles. The molecule has 0 amide bonds. The third-order valence-corrected chi connectivity index (χ3v) is 4.39. The molecule has 0 spiro atoms. The summed E-state index contributed by atoms with van der Waals surface area (Å²) in [4.78, 5) is 58.4. The molecule has 0 aromatic carbocycles. The van der Waals surface area contributed by atoms with Gasteiger partial charge in [0.25, 0.3) is 0 Å². The van der Waals surface area contributed by atoms with E-state index in [4.69, 9.17) is 23.7 Å². The number of esters is 5. The minimum Gasteiger partial charge on any atom is -0.462 e. The van der Waals surface area contributed by atoms with Crippen LogP contribution in [0.15, 0.2) is 0 Å². The monoisotopic (exact) mass is 460 g/mol. The highest BCUT2D eigenvalue weighted by atomic mass is 16.6. The number of rotatable bonds is 13. The quantitative estimate of drug-likeness (QED) is 0.258. The van der Waals surface area contributed by atoms with E-state index >= 15 is 0 Å². The lowest BCUT2D eigenvalue weighted by molar-refractivity contribution is -0.202. The summed E-state index contributed by atoms with van der Waals surface area (Å²) in [6.07, 6.45) is -5.19. The van der Waals surface area contributed by atoms with Crippen molar-refractivity contribution in [3.8, 4) is 0 Å². The van der Waals surface area contributed by atoms with Crippen molar-refractivity contribution in [3.05, 3.63) is 0 Å². The molecule has 4 atom stereocenters. The van der Waals surface area contributed by atoms with Crippen LogP contribution in [-0.4, -0.2) is 87.0 Å². The van der Waals surface area contributed by atoms with E-state index in [1.165, 1.54) is 6.92 Å². The van der Waals surface area contributed by atoms with Crippen molar-refractivity contribution in [2.75, 3.05) is 32.8 Å². The van der Waals surface area contributed by atoms with Crippen LogP contribution in [0, 0.1) is 5.92 Å². The van der Waals surface area contributed by atoms with Gasteiger partial charge in [-0.15, -0.1) is 0 Å². The minimum atomic E-state index is -1.42. The molecule has 1 fully saturated rings. The van der Waals surface area contributed by atoms with Crippen LogP contribution in [0.4, 0.5) is 0 Å². The van der Waals surface area contributed by atoms with Gasteiger partial charge < -0.3 is 34.3 Å². The van der Waals surface area contributed by atoms with Gasteiger partial charge in [0.05, 0.1) is 0 Å². The predicted octanol–water partition coefficient (Wildman–Crippen LogP) is -0.915. The topological polar surface area (TPSA) is 156 Å². The van der Waals surface area contributed by atoms with Gasteiger partial charge in [-0.25, -0.2) is 0 Å². The van der Waals surface area contributed by atoms with Crippen LogP contribution in [0.5, 0.6) is 0 Å². The molecule has 1 rings (SSSR count). The molecule has 182 valence electrons. The largest absolute Gasteiger partial charge is 0.462 e. The molecule has 0 aromatic rings. The Labute approximate surface area is 186 Å². The molecule has 0 saturated carbocycles. The lowest BCUT2D eigenvalue weighted by atomic mass is 10.0. The zero-order valence-electron chi connectivity index (χ0n) is 19.0. The molecule has 0 aromatic heterocycles. The van der Waals surface area contributed by atoms with E-state index in [1.54, 1.807) is 0 Å². The third kappa shape index (κ3) is 10.5. The lowest BCUT2D eigenvalue weighted by Gasteiger charge is -2.36. The zero-order chi connectivity index (χ0) is 24.3. The summed E-state index contributed by atoms with van der Waals surface area (Å²) in [6, 6.07) is 0. The Bertz CT molecular complexity index is 679. The average Bonchev–Trinajstić information content (AvgIpc) is 2.61. The molecule has 1 aliphatic rings. The molecule has 12 heteroatoms. The zero-order valence-corrected chi connectivity index (χ0v) is 19.0. The second-order valence-corrected chi connectivity index (χ2v) is 7.43. The third-order valence-electron chi connectivity index (χ3n) is 4.39. The second kappa shape index (κ2) is 13.6. The minimum absolute atomic E-state index is 0.0617. The number of ether oxygens (including phenoxy) is 5. The van der Waals surface area contributed by atoms with E-state index in [9.17, 15) is 24.0 Å². The SMILES string of the molecule is CC(=O)OCC(OC(C)=O)C(OC(C)=O)C(OC(C)=O)C(CNCC1CNC1)OC(C)=O. The van der Waals surface area contributed by atoms with Gasteiger partial charge in [-0.2, -0.15) is 0 Å². The number of nitrogens with one attached hydrogen (secondary N) is 2. The molecular weight excluding hydrogens is 428 g/mol. The fourth-order valence-corrected chi connectivity index (χ4v) is 3.06. The molecule has 4 unspecified atom stereocenters. The molecule has 2 N–H and O–H groups in total. The fraction of sp³-hybridized carbons (Fsp3) is 0.750. The van der Waals surface area contributed by atoms with Crippen LogP contribution in [0.1, 0.15) is 34.6 Å². The van der Waals surface area contributed by atoms with Crippen molar-refractivity contribution in [2.45, 2.75) is 59.0 Å². The van der Waals surface area contributed by atoms with Gasteiger partial charge in [-0.3, -0.25) is 24.0 Å². The summed E-state index contributed by atoms with van der Waals surface area (Å²) in [5.74, 6) is -3.21. The molecule has 12 nitrogen and oxygen atoms in total. The first-order chi connectivity index (χ1) is 15.0. The van der Waals surface area contributed by atoms with Gasteiger partial charge in [0.2, 0.25) is 0 Å². The maximum atomic E-state index is 11.9. The van der Waals surface area contributed by atoms with Gasteiger partial charge in [0.15, 0.2) is 24.4 Å². The predicted molar refractivity (Wildman–Crippen MR) is 108 cm³/mol. The first-order valence-corrected chi connectivity index (χ1v) is 10.2. The van der Waals surface area contributed by atoms with Gasteiger partial charge in [-0.05, 0) is 5.92 Å².